The zero-order valence-corrected chi connectivity index (χ0v) is 71.9. The van der Waals surface area contributed by atoms with E-state index in [1.807, 2.05) is 45.1 Å². The lowest BCUT2D eigenvalue weighted by Gasteiger charge is -2.25. The number of carbonyl (C=O) groups excluding carboxylic acids is 1. The van der Waals surface area contributed by atoms with Crippen LogP contribution >= 0.6 is 0 Å². The van der Waals surface area contributed by atoms with E-state index in [9.17, 15) is 0 Å². The maximum absolute atomic E-state index is 16.0. The molecule has 0 fully saturated rings. The van der Waals surface area contributed by atoms with Gasteiger partial charge in [0, 0.05) is 112 Å². The molecule has 2 aromatic carbocycles. The zero-order valence-electron chi connectivity index (χ0n) is 65.9. The number of rotatable bonds is 38. The summed E-state index contributed by atoms with van der Waals surface area (Å²) in [5.41, 5.74) is 11.6. The Morgan fingerprint density at radius 3 is 1.09 bits per heavy atom. The molecule has 0 radical (unpaired) electrons. The molecule has 8 aromatic rings. The van der Waals surface area contributed by atoms with Gasteiger partial charge in [-0.3, -0.25) is 9.97 Å². The Morgan fingerprint density at radius 1 is 0.433 bits per heavy atom. The second kappa shape index (κ2) is 33.6. The number of fused-ring (bicyclic) bond motifs is 4. The van der Waals surface area contributed by atoms with Crippen LogP contribution in [0.1, 0.15) is 47.8 Å². The van der Waals surface area contributed by atoms with Crippen molar-refractivity contribution in [2.75, 3.05) is 53.2 Å². The van der Waals surface area contributed by atoms with Crippen molar-refractivity contribution in [3.8, 4) is 56.8 Å². The van der Waals surface area contributed by atoms with Gasteiger partial charge in [0.25, 0.3) is 0 Å². The topological polar surface area (TPSA) is 194 Å². The number of carbonyl (C=O) groups is 1. The maximum atomic E-state index is 16.0. The molecule has 0 spiro atoms. The molecule has 0 saturated carbocycles. The van der Waals surface area contributed by atoms with Crippen LogP contribution < -0.4 is 9.47 Å². The molecule has 0 aliphatic carbocycles. The highest BCUT2D eigenvalue weighted by molar-refractivity contribution is 6.77. The summed E-state index contributed by atoms with van der Waals surface area (Å²) >= 11 is 0. The van der Waals surface area contributed by atoms with E-state index < -0.39 is 60.1 Å². The van der Waals surface area contributed by atoms with Crippen molar-refractivity contribution in [1.29, 1.82) is 0 Å². The van der Waals surface area contributed by atoms with Crippen LogP contribution in [0, 0.1) is 11.6 Å². The average Bonchev–Trinajstić information content (AvgIpc) is 1.59. The van der Waals surface area contributed by atoms with Crippen molar-refractivity contribution in [2.24, 2.45) is 0 Å². The van der Waals surface area contributed by atoms with Gasteiger partial charge < -0.3 is 56.8 Å². The standard InChI is InChI=1S/C75H116F2N12O9Si6/c1-21-53-37-67(97-51-95-27-33-103(15,16)17)59(76)39-57(53)55-35-61-69(78-41-55)71(88(82-61)49-93-25-31-101(9,10)11)73-80-63-43-84(45-65(63)86(73)47-91-23-29-99(3,4)5)75(90)85-44-64-66(46-85)87(48-92-24-30-100(6,7)8)74(81-64)72-70-62(83-89(72)50-94-26-32-102(12,13)14)36-56(42-79-70)58-40-60(77)68(38-54(58)22-2)98-52-96-28-34-104(18,19)20/h35-42H,21-34,43-52H2,1-20H3. The molecule has 2 amide bonds. The number of hydrogen-bond acceptors (Lipinski definition) is 15. The van der Waals surface area contributed by atoms with E-state index in [-0.39, 0.29) is 84.2 Å². The summed E-state index contributed by atoms with van der Waals surface area (Å²) in [6.45, 7) is 50.9. The van der Waals surface area contributed by atoms with E-state index in [0.717, 1.165) is 70.2 Å². The third kappa shape index (κ3) is 21.2. The summed E-state index contributed by atoms with van der Waals surface area (Å²) in [5.74, 6) is 0.551. The molecule has 104 heavy (non-hydrogen) atoms. The molecular formula is C75H116F2N12O9Si6. The SMILES string of the molecule is CCc1cc(OCOCC[Si](C)(C)C)c(F)cc1-c1cnc2c(-c3nc4c(n3COCC[Si](C)(C)C)CN(C(=O)N3Cc5nc(-c6c7ncc(-c8cc(F)c(OCOCC[Si](C)(C)C)cc8CC)cc7nn6COCC[Si](C)(C)C)n(COCC[Si](C)(C)C)c5C3)C4)n(COCC[Si](C)(C)C)nc2c1. The third-order valence-corrected chi connectivity index (χ3v) is 29.2. The maximum Gasteiger partial charge on any atom is 0.321 e. The van der Waals surface area contributed by atoms with Gasteiger partial charge in [-0.15, -0.1) is 0 Å². The van der Waals surface area contributed by atoms with Crippen molar-refractivity contribution in [1.82, 2.24) is 58.4 Å². The van der Waals surface area contributed by atoms with Crippen molar-refractivity contribution < 1.29 is 51.5 Å². The van der Waals surface area contributed by atoms with Gasteiger partial charge in [0.15, 0.2) is 48.4 Å². The number of aromatic nitrogens is 10. The van der Waals surface area contributed by atoms with Crippen LogP contribution in [0.4, 0.5) is 13.6 Å². The number of hydrogen-bond donors (Lipinski definition) is 0. The molecule has 2 aliphatic heterocycles. The number of imidazole rings is 2. The summed E-state index contributed by atoms with van der Waals surface area (Å²) < 4.78 is 89.4. The minimum Gasteiger partial charge on any atom is -0.464 e. The number of halogens is 2. The number of urea groups is 1. The van der Waals surface area contributed by atoms with Crippen molar-refractivity contribution in [2.45, 2.75) is 234 Å². The third-order valence-electron chi connectivity index (χ3n) is 18.9. The van der Waals surface area contributed by atoms with Crippen molar-refractivity contribution >= 4 is 76.5 Å². The molecule has 0 atom stereocenters. The molecule has 568 valence electrons. The van der Waals surface area contributed by atoms with E-state index in [2.05, 4.69) is 127 Å². The first-order valence-electron chi connectivity index (χ1n) is 37.3. The summed E-state index contributed by atoms with van der Waals surface area (Å²) in [6, 6.07) is 16.2. The van der Waals surface area contributed by atoms with Gasteiger partial charge in [0.05, 0.1) is 49.0 Å². The van der Waals surface area contributed by atoms with E-state index in [1.165, 1.54) is 12.1 Å². The number of amides is 2. The summed E-state index contributed by atoms with van der Waals surface area (Å²) in [5, 5.41) is 10.4. The fourth-order valence-electron chi connectivity index (χ4n) is 12.3. The number of nitrogens with zero attached hydrogens (tertiary/aromatic N) is 12. The first-order chi connectivity index (χ1) is 48.9. The van der Waals surface area contributed by atoms with E-state index in [4.69, 9.17) is 68.0 Å². The summed E-state index contributed by atoms with van der Waals surface area (Å²) in [7, 11) is -8.48. The summed E-state index contributed by atoms with van der Waals surface area (Å²) in [4.78, 5) is 40.2. The van der Waals surface area contributed by atoms with Gasteiger partial charge in [-0.05, 0) is 108 Å². The molecule has 2 aliphatic rings. The lowest BCUT2D eigenvalue weighted by Crippen LogP contribution is -2.38. The fraction of sp³-hybridized carbons (Fsp3) is 0.587. The Kier molecular flexibility index (Phi) is 26.0. The van der Waals surface area contributed by atoms with Crippen LogP contribution in [0.3, 0.4) is 0 Å². The Morgan fingerprint density at radius 2 is 0.760 bits per heavy atom. The quantitative estimate of drug-likeness (QED) is 0.0201. The molecule has 0 unspecified atom stereocenters. The molecule has 0 N–H and O–H groups in total. The number of aryl methyl sites for hydroxylation is 2. The van der Waals surface area contributed by atoms with Gasteiger partial charge in [-0.2, -0.15) is 10.2 Å². The molecule has 10 rings (SSSR count). The molecule has 8 heterocycles. The molecule has 0 saturated heterocycles. The Labute approximate surface area is 621 Å². The first kappa shape index (κ1) is 80.4. The smallest absolute Gasteiger partial charge is 0.321 e. The van der Waals surface area contributed by atoms with Crippen molar-refractivity contribution in [3.63, 3.8) is 0 Å². The van der Waals surface area contributed by atoms with E-state index in [0.29, 0.717) is 120 Å². The van der Waals surface area contributed by atoms with Gasteiger partial charge in [-0.25, -0.2) is 32.9 Å². The highest BCUT2D eigenvalue weighted by atomic mass is 28.3. The van der Waals surface area contributed by atoms with Gasteiger partial charge in [0.1, 0.15) is 60.4 Å². The van der Waals surface area contributed by atoms with Gasteiger partial charge in [0.2, 0.25) is 0 Å². The minimum absolute atomic E-state index is 0.0287. The first-order valence-corrected chi connectivity index (χ1v) is 59.5. The normalized spacial score (nSPS) is 13.9. The number of benzene rings is 2. The number of pyridine rings is 2. The zero-order chi connectivity index (χ0) is 75.3. The van der Waals surface area contributed by atoms with Gasteiger partial charge in [-0.1, -0.05) is 132 Å². The highest BCUT2D eigenvalue weighted by Crippen LogP contribution is 2.40. The largest absolute Gasteiger partial charge is 0.464 e. The molecule has 29 heteroatoms. The Bertz CT molecular complexity index is 4030. The van der Waals surface area contributed by atoms with Crippen LogP contribution in [0.5, 0.6) is 11.5 Å². The van der Waals surface area contributed by atoms with Gasteiger partial charge >= 0.3 is 6.03 Å². The van der Waals surface area contributed by atoms with Crippen LogP contribution in [0.2, 0.25) is 154 Å². The Hall–Kier alpha value is -6.11. The predicted molar refractivity (Wildman–Crippen MR) is 427 cm³/mol. The lowest BCUT2D eigenvalue weighted by molar-refractivity contribution is 0.0195. The van der Waals surface area contributed by atoms with E-state index >= 15 is 13.6 Å². The predicted octanol–water partition coefficient (Wildman–Crippen LogP) is 17.7. The molecule has 0 bridgehead atoms. The van der Waals surface area contributed by atoms with E-state index in [1.54, 1.807) is 24.5 Å². The average molecular weight is 1540 g/mol. The lowest BCUT2D eigenvalue weighted by atomic mass is 9.98. The minimum atomic E-state index is -1.49. The summed E-state index contributed by atoms with van der Waals surface area (Å²) in [6.07, 6.45) is 4.81. The monoisotopic (exact) mass is 1530 g/mol. The van der Waals surface area contributed by atoms with Crippen LogP contribution in [0.25, 0.3) is 67.4 Å². The van der Waals surface area contributed by atoms with Crippen LogP contribution in [-0.2, 0) is 94.4 Å². The van der Waals surface area contributed by atoms with Crippen LogP contribution in [-0.4, -0.2) is 166 Å². The molecular weight excluding hydrogens is 1420 g/mol. The second-order valence-corrected chi connectivity index (χ2v) is 69.1. The van der Waals surface area contributed by atoms with Crippen molar-refractivity contribution in [3.05, 3.63) is 94.3 Å². The molecule has 6 aromatic heterocycles. The Balaban J connectivity index is 0.959. The molecule has 21 nitrogen and oxygen atoms in total. The highest BCUT2D eigenvalue weighted by Gasteiger charge is 2.39. The number of ether oxygens (including phenoxy) is 8. The van der Waals surface area contributed by atoms with Crippen LogP contribution in [0.15, 0.2) is 48.8 Å². The fourth-order valence-corrected chi connectivity index (χ4v) is 16.9. The second-order valence-electron chi connectivity index (χ2n) is 35.3.